The van der Waals surface area contributed by atoms with Gasteiger partial charge in [-0.3, -0.25) is 4.79 Å². The normalized spacial score (nSPS) is 15.0. The average molecular weight is 285 g/mol. The monoisotopic (exact) mass is 285 g/mol. The molecule has 2 heterocycles. The molecule has 0 atom stereocenters. The molecular weight excluding hydrogens is 266 g/mol. The van der Waals surface area contributed by atoms with E-state index in [4.69, 9.17) is 4.74 Å². The van der Waals surface area contributed by atoms with Gasteiger partial charge in [0, 0.05) is 13.1 Å². The Balaban J connectivity index is 1.91. The summed E-state index contributed by atoms with van der Waals surface area (Å²) in [6.07, 6.45) is 5.08. The molecule has 0 unspecified atom stereocenters. The van der Waals surface area contributed by atoms with Crippen LogP contribution in [-0.2, 0) is 0 Å². The molecule has 2 aromatic rings. The summed E-state index contributed by atoms with van der Waals surface area (Å²) in [6, 6.07) is 9.72. The number of hydrogen-bond donors (Lipinski definition) is 0. The van der Waals surface area contributed by atoms with Gasteiger partial charge in [0.25, 0.3) is 5.91 Å². The Bertz CT molecular complexity index is 616. The van der Waals surface area contributed by atoms with Gasteiger partial charge < -0.3 is 9.64 Å². The molecule has 0 radical (unpaired) electrons. The summed E-state index contributed by atoms with van der Waals surface area (Å²) in [6.45, 7) is 1.61. The van der Waals surface area contributed by atoms with Crippen LogP contribution in [0.3, 0.4) is 0 Å². The van der Waals surface area contributed by atoms with Crippen molar-refractivity contribution in [1.82, 2.24) is 14.7 Å². The first-order valence-corrected chi connectivity index (χ1v) is 7.28. The number of hydrogen-bond acceptors (Lipinski definition) is 3. The van der Waals surface area contributed by atoms with Gasteiger partial charge in [0.1, 0.15) is 0 Å². The van der Waals surface area contributed by atoms with Crippen LogP contribution in [0.5, 0.6) is 5.75 Å². The highest BCUT2D eigenvalue weighted by atomic mass is 16.5. The second-order valence-corrected chi connectivity index (χ2v) is 5.18. The van der Waals surface area contributed by atoms with Crippen LogP contribution in [0.15, 0.2) is 36.5 Å². The van der Waals surface area contributed by atoms with Crippen LogP contribution in [0.2, 0.25) is 0 Å². The van der Waals surface area contributed by atoms with Gasteiger partial charge in [-0.15, -0.1) is 0 Å². The van der Waals surface area contributed by atoms with E-state index in [9.17, 15) is 4.79 Å². The molecule has 1 aliphatic rings. The van der Waals surface area contributed by atoms with Crippen LogP contribution in [0.1, 0.15) is 29.8 Å². The third-order valence-corrected chi connectivity index (χ3v) is 3.77. The van der Waals surface area contributed by atoms with Crippen molar-refractivity contribution in [3.63, 3.8) is 0 Å². The van der Waals surface area contributed by atoms with Crippen molar-refractivity contribution in [3.8, 4) is 11.4 Å². The van der Waals surface area contributed by atoms with E-state index in [2.05, 4.69) is 5.10 Å². The summed E-state index contributed by atoms with van der Waals surface area (Å²) in [4.78, 5) is 14.5. The Labute approximate surface area is 124 Å². The predicted octanol–water partition coefficient (Wildman–Crippen LogP) is 2.51. The maximum Gasteiger partial charge on any atom is 0.278 e. The number of rotatable bonds is 3. The summed E-state index contributed by atoms with van der Waals surface area (Å²) < 4.78 is 7.02. The fourth-order valence-corrected chi connectivity index (χ4v) is 2.62. The van der Waals surface area contributed by atoms with E-state index in [-0.39, 0.29) is 5.91 Å². The first kappa shape index (κ1) is 13.7. The van der Waals surface area contributed by atoms with E-state index in [1.165, 1.54) is 6.42 Å². The fourth-order valence-electron chi connectivity index (χ4n) is 2.62. The minimum Gasteiger partial charge on any atom is -0.493 e. The van der Waals surface area contributed by atoms with Gasteiger partial charge in [-0.2, -0.15) is 5.10 Å². The Kier molecular flexibility index (Phi) is 3.90. The zero-order chi connectivity index (χ0) is 14.7. The van der Waals surface area contributed by atoms with E-state index in [0.29, 0.717) is 11.4 Å². The van der Waals surface area contributed by atoms with Gasteiger partial charge in [0.05, 0.1) is 19.0 Å². The minimum atomic E-state index is -0.0405. The highest BCUT2D eigenvalue weighted by molar-refractivity contribution is 5.95. The molecular formula is C16H19N3O2. The van der Waals surface area contributed by atoms with Crippen molar-refractivity contribution in [1.29, 1.82) is 0 Å². The zero-order valence-electron chi connectivity index (χ0n) is 12.2. The highest BCUT2D eigenvalue weighted by Crippen LogP contribution is 2.22. The molecule has 5 nitrogen and oxygen atoms in total. The number of likely N-dealkylation sites (tertiary alicyclic amines) is 1. The van der Waals surface area contributed by atoms with E-state index in [1.807, 2.05) is 35.2 Å². The largest absolute Gasteiger partial charge is 0.493 e. The van der Waals surface area contributed by atoms with E-state index in [1.54, 1.807) is 18.0 Å². The Morgan fingerprint density at radius 1 is 1.14 bits per heavy atom. The van der Waals surface area contributed by atoms with E-state index >= 15 is 0 Å². The molecule has 5 heteroatoms. The van der Waals surface area contributed by atoms with Crippen molar-refractivity contribution in [2.24, 2.45) is 0 Å². The van der Waals surface area contributed by atoms with Gasteiger partial charge in [0.2, 0.25) is 0 Å². The maximum absolute atomic E-state index is 12.6. The third-order valence-electron chi connectivity index (χ3n) is 3.77. The van der Waals surface area contributed by atoms with Crippen LogP contribution >= 0.6 is 0 Å². The topological polar surface area (TPSA) is 47.4 Å². The SMILES string of the molecule is COc1cn(-c2ccccc2)nc1C(=O)N1CCCCC1. The smallest absolute Gasteiger partial charge is 0.278 e. The molecule has 0 aliphatic carbocycles. The number of aromatic nitrogens is 2. The van der Waals surface area contributed by atoms with Crippen molar-refractivity contribution >= 4 is 5.91 Å². The van der Waals surface area contributed by atoms with Gasteiger partial charge in [-0.25, -0.2) is 4.68 Å². The second-order valence-electron chi connectivity index (χ2n) is 5.18. The van der Waals surface area contributed by atoms with Gasteiger partial charge in [0.15, 0.2) is 11.4 Å². The molecule has 1 fully saturated rings. The number of carbonyl (C=O) groups is 1. The number of piperidine rings is 1. The molecule has 21 heavy (non-hydrogen) atoms. The number of amides is 1. The number of ether oxygens (including phenoxy) is 1. The van der Waals surface area contributed by atoms with Gasteiger partial charge >= 0.3 is 0 Å². The lowest BCUT2D eigenvalue weighted by Gasteiger charge is -2.26. The lowest BCUT2D eigenvalue weighted by molar-refractivity contribution is 0.0714. The molecule has 3 rings (SSSR count). The summed E-state index contributed by atoms with van der Waals surface area (Å²) in [5.41, 5.74) is 1.30. The number of para-hydroxylation sites is 1. The molecule has 0 N–H and O–H groups in total. The van der Waals surface area contributed by atoms with Crippen LogP contribution < -0.4 is 4.74 Å². The summed E-state index contributed by atoms with van der Waals surface area (Å²) in [5.74, 6) is 0.482. The van der Waals surface area contributed by atoms with Crippen LogP contribution in [-0.4, -0.2) is 40.8 Å². The van der Waals surface area contributed by atoms with Crippen molar-refractivity contribution in [2.75, 3.05) is 20.2 Å². The molecule has 1 amide bonds. The zero-order valence-corrected chi connectivity index (χ0v) is 12.2. The first-order valence-electron chi connectivity index (χ1n) is 7.28. The molecule has 1 saturated heterocycles. The Hall–Kier alpha value is -2.30. The van der Waals surface area contributed by atoms with E-state index < -0.39 is 0 Å². The third kappa shape index (κ3) is 2.77. The van der Waals surface area contributed by atoms with E-state index in [0.717, 1.165) is 31.6 Å². The highest BCUT2D eigenvalue weighted by Gasteiger charge is 2.24. The lowest BCUT2D eigenvalue weighted by Crippen LogP contribution is -2.36. The van der Waals surface area contributed by atoms with Crippen molar-refractivity contribution < 1.29 is 9.53 Å². The number of benzene rings is 1. The Morgan fingerprint density at radius 3 is 2.52 bits per heavy atom. The van der Waals surface area contributed by atoms with Crippen LogP contribution in [0.4, 0.5) is 0 Å². The predicted molar refractivity (Wildman–Crippen MR) is 79.9 cm³/mol. The maximum atomic E-state index is 12.6. The molecule has 1 aromatic carbocycles. The Morgan fingerprint density at radius 2 is 1.86 bits per heavy atom. The lowest BCUT2D eigenvalue weighted by atomic mass is 10.1. The first-order chi connectivity index (χ1) is 10.3. The molecule has 110 valence electrons. The molecule has 0 spiro atoms. The standard InChI is InChI=1S/C16H19N3O2/c1-21-14-12-19(13-8-4-2-5-9-13)17-15(14)16(20)18-10-6-3-7-11-18/h2,4-5,8-9,12H,3,6-7,10-11H2,1H3. The summed E-state index contributed by atoms with van der Waals surface area (Å²) in [5, 5.41) is 4.43. The number of carbonyl (C=O) groups excluding carboxylic acids is 1. The quantitative estimate of drug-likeness (QED) is 0.870. The fraction of sp³-hybridized carbons (Fsp3) is 0.375. The number of nitrogens with zero attached hydrogens (tertiary/aromatic N) is 3. The van der Waals surface area contributed by atoms with Crippen molar-refractivity contribution in [3.05, 3.63) is 42.2 Å². The summed E-state index contributed by atoms with van der Waals surface area (Å²) >= 11 is 0. The summed E-state index contributed by atoms with van der Waals surface area (Å²) in [7, 11) is 1.57. The molecule has 1 aromatic heterocycles. The molecule has 1 aliphatic heterocycles. The second kappa shape index (κ2) is 5.99. The van der Waals surface area contributed by atoms with Crippen LogP contribution in [0, 0.1) is 0 Å². The van der Waals surface area contributed by atoms with Gasteiger partial charge in [-0.05, 0) is 31.4 Å². The van der Waals surface area contributed by atoms with Gasteiger partial charge in [-0.1, -0.05) is 18.2 Å². The number of methoxy groups -OCH3 is 1. The molecule has 0 bridgehead atoms. The molecule has 0 saturated carbocycles. The average Bonchev–Trinajstić information content (AvgIpc) is 3.00. The van der Waals surface area contributed by atoms with Crippen molar-refractivity contribution in [2.45, 2.75) is 19.3 Å². The minimum absolute atomic E-state index is 0.0405. The van der Waals surface area contributed by atoms with Crippen LogP contribution in [0.25, 0.3) is 5.69 Å².